The van der Waals surface area contributed by atoms with Gasteiger partial charge in [0.05, 0.1) is 0 Å². The maximum Gasteiger partial charge on any atom is 0.359 e. The minimum Gasteiger partial charge on any atom is -1.00 e. The highest BCUT2D eigenvalue weighted by Gasteiger charge is 2.15. The first-order valence-corrected chi connectivity index (χ1v) is 5.89. The summed E-state index contributed by atoms with van der Waals surface area (Å²) < 4.78 is 15.5. The Morgan fingerprint density at radius 2 is 1.83 bits per heavy atom. The van der Waals surface area contributed by atoms with E-state index in [4.69, 9.17) is 0 Å². The van der Waals surface area contributed by atoms with Crippen LogP contribution in [0.2, 0.25) is 0 Å². The van der Waals surface area contributed by atoms with E-state index in [1.54, 1.807) is 42.6 Å². The zero-order valence-corrected chi connectivity index (χ0v) is 12.5. The van der Waals surface area contributed by atoms with Gasteiger partial charge in [-0.2, -0.15) is 4.57 Å². The summed E-state index contributed by atoms with van der Waals surface area (Å²) in [5, 5.41) is 0. The SMILES string of the molecule is O=C(C[n+]1ccccc1F)c1ccc(Br)cc1.[Br-]. The van der Waals surface area contributed by atoms with Gasteiger partial charge in [0.2, 0.25) is 12.3 Å². The van der Waals surface area contributed by atoms with Crippen molar-refractivity contribution >= 4 is 21.7 Å². The van der Waals surface area contributed by atoms with Crippen LogP contribution in [0.1, 0.15) is 10.4 Å². The Bertz CT molecular complexity index is 543. The van der Waals surface area contributed by atoms with Gasteiger partial charge < -0.3 is 17.0 Å². The molecule has 0 saturated carbocycles. The Labute approximate surface area is 123 Å². The van der Waals surface area contributed by atoms with Crippen LogP contribution in [-0.2, 0) is 6.54 Å². The number of ketones is 1. The Kier molecular flexibility index (Phi) is 5.62. The standard InChI is InChI=1S/C13H10BrFNO.BrH/c14-11-6-4-10(5-7-11)12(17)9-16-8-2-1-3-13(16)15;/h1-8H,9H2;1H/q+1;/p-1. The lowest BCUT2D eigenvalue weighted by molar-refractivity contribution is -0.711. The Morgan fingerprint density at radius 1 is 1.17 bits per heavy atom. The van der Waals surface area contributed by atoms with Crippen molar-refractivity contribution in [1.29, 1.82) is 0 Å². The normalized spacial score (nSPS) is 9.67. The number of hydrogen-bond donors (Lipinski definition) is 0. The fourth-order valence-corrected chi connectivity index (χ4v) is 1.73. The first-order valence-electron chi connectivity index (χ1n) is 5.09. The average molecular weight is 375 g/mol. The molecule has 0 saturated heterocycles. The van der Waals surface area contributed by atoms with E-state index in [0.29, 0.717) is 5.56 Å². The van der Waals surface area contributed by atoms with Gasteiger partial charge in [-0.15, -0.1) is 4.39 Å². The van der Waals surface area contributed by atoms with Crippen molar-refractivity contribution < 1.29 is 30.7 Å². The number of hydrogen-bond acceptors (Lipinski definition) is 1. The van der Waals surface area contributed by atoms with Gasteiger partial charge >= 0.3 is 5.95 Å². The van der Waals surface area contributed by atoms with E-state index in [0.717, 1.165) is 4.47 Å². The molecule has 2 aromatic rings. The van der Waals surface area contributed by atoms with Gasteiger partial charge in [-0.1, -0.05) is 28.1 Å². The molecular formula is C13H10Br2FNO. The second-order valence-corrected chi connectivity index (χ2v) is 4.50. The average Bonchev–Trinajstić information content (AvgIpc) is 2.33. The van der Waals surface area contributed by atoms with Crippen molar-refractivity contribution in [2.45, 2.75) is 6.54 Å². The number of halogens is 3. The van der Waals surface area contributed by atoms with E-state index >= 15 is 0 Å². The molecule has 0 unspecified atom stereocenters. The first kappa shape index (κ1) is 15.0. The van der Waals surface area contributed by atoms with Gasteiger partial charge in [0.25, 0.3) is 0 Å². The lowest BCUT2D eigenvalue weighted by Gasteiger charge is -1.99. The van der Waals surface area contributed by atoms with E-state index in [-0.39, 0.29) is 29.3 Å². The molecule has 0 atom stereocenters. The summed E-state index contributed by atoms with van der Waals surface area (Å²) in [7, 11) is 0. The number of benzene rings is 1. The summed E-state index contributed by atoms with van der Waals surface area (Å²) in [6.07, 6.45) is 1.55. The third kappa shape index (κ3) is 3.71. The predicted molar refractivity (Wildman–Crippen MR) is 65.1 cm³/mol. The molecule has 94 valence electrons. The molecule has 0 spiro atoms. The molecule has 0 aliphatic rings. The monoisotopic (exact) mass is 373 g/mol. The fourth-order valence-electron chi connectivity index (χ4n) is 1.47. The number of pyridine rings is 1. The van der Waals surface area contributed by atoms with E-state index in [1.165, 1.54) is 10.6 Å². The summed E-state index contributed by atoms with van der Waals surface area (Å²) in [5.41, 5.74) is 0.573. The number of Topliss-reactive ketones (excluding diaryl/α,β-unsaturated/α-hetero) is 1. The van der Waals surface area contributed by atoms with Crippen LogP contribution in [0.25, 0.3) is 0 Å². The van der Waals surface area contributed by atoms with Crippen molar-refractivity contribution in [1.82, 2.24) is 0 Å². The summed E-state index contributed by atoms with van der Waals surface area (Å²) in [5.74, 6) is -0.537. The third-order valence-corrected chi connectivity index (χ3v) is 2.89. The molecule has 0 aliphatic carbocycles. The quantitative estimate of drug-likeness (QED) is 0.413. The van der Waals surface area contributed by atoms with Crippen molar-refractivity contribution in [2.24, 2.45) is 0 Å². The van der Waals surface area contributed by atoms with E-state index < -0.39 is 5.95 Å². The van der Waals surface area contributed by atoms with Gasteiger partial charge in [0, 0.05) is 22.2 Å². The van der Waals surface area contributed by atoms with Gasteiger partial charge in [-0.05, 0) is 18.2 Å². The molecule has 0 aliphatic heterocycles. The first-order chi connectivity index (χ1) is 8.16. The van der Waals surface area contributed by atoms with E-state index in [9.17, 15) is 9.18 Å². The van der Waals surface area contributed by atoms with Crippen LogP contribution in [0.5, 0.6) is 0 Å². The molecule has 1 aromatic carbocycles. The molecule has 2 rings (SSSR count). The Morgan fingerprint density at radius 3 is 2.44 bits per heavy atom. The highest BCUT2D eigenvalue weighted by Crippen LogP contribution is 2.10. The highest BCUT2D eigenvalue weighted by molar-refractivity contribution is 9.10. The van der Waals surface area contributed by atoms with Gasteiger partial charge in [-0.25, -0.2) is 0 Å². The third-order valence-electron chi connectivity index (χ3n) is 2.37. The van der Waals surface area contributed by atoms with Crippen molar-refractivity contribution in [2.75, 3.05) is 0 Å². The summed E-state index contributed by atoms with van der Waals surface area (Å²) >= 11 is 3.30. The predicted octanol–water partition coefficient (Wildman–Crippen LogP) is -0.237. The molecule has 0 N–H and O–H groups in total. The van der Waals surface area contributed by atoms with Crippen LogP contribution in [0.4, 0.5) is 4.39 Å². The van der Waals surface area contributed by atoms with Gasteiger partial charge in [0.15, 0.2) is 6.20 Å². The minimum absolute atomic E-state index is 0. The second-order valence-electron chi connectivity index (χ2n) is 3.58. The van der Waals surface area contributed by atoms with Crippen LogP contribution in [0.3, 0.4) is 0 Å². The molecule has 0 amide bonds. The number of carbonyl (C=O) groups excluding carboxylic acids is 1. The van der Waals surface area contributed by atoms with Crippen LogP contribution < -0.4 is 21.5 Å². The maximum atomic E-state index is 13.3. The largest absolute Gasteiger partial charge is 1.00 e. The number of rotatable bonds is 3. The zero-order chi connectivity index (χ0) is 12.3. The topological polar surface area (TPSA) is 20.9 Å². The molecule has 1 heterocycles. The van der Waals surface area contributed by atoms with Crippen LogP contribution >= 0.6 is 15.9 Å². The summed E-state index contributed by atoms with van der Waals surface area (Å²) in [6.45, 7) is 0.00824. The van der Waals surface area contributed by atoms with E-state index in [1.807, 2.05) is 0 Å². The smallest absolute Gasteiger partial charge is 0.359 e. The Balaban J connectivity index is 0.00000162. The summed E-state index contributed by atoms with van der Waals surface area (Å²) in [4.78, 5) is 11.9. The fraction of sp³-hybridized carbons (Fsp3) is 0.0769. The van der Waals surface area contributed by atoms with Crippen LogP contribution in [-0.4, -0.2) is 5.78 Å². The summed E-state index contributed by atoms with van der Waals surface area (Å²) in [6, 6.07) is 11.6. The molecule has 18 heavy (non-hydrogen) atoms. The van der Waals surface area contributed by atoms with Gasteiger partial charge in [0.1, 0.15) is 0 Å². The van der Waals surface area contributed by atoms with Crippen LogP contribution in [0, 0.1) is 5.95 Å². The van der Waals surface area contributed by atoms with Crippen molar-refractivity contribution in [3.05, 3.63) is 64.6 Å². The lowest BCUT2D eigenvalue weighted by atomic mass is 10.1. The molecule has 0 radical (unpaired) electrons. The highest BCUT2D eigenvalue weighted by atomic mass is 79.9. The van der Waals surface area contributed by atoms with E-state index in [2.05, 4.69) is 15.9 Å². The number of nitrogens with zero attached hydrogens (tertiary/aromatic N) is 1. The van der Waals surface area contributed by atoms with Crippen LogP contribution in [0.15, 0.2) is 53.1 Å². The van der Waals surface area contributed by atoms with Gasteiger partial charge in [-0.3, -0.25) is 4.79 Å². The van der Waals surface area contributed by atoms with Crippen molar-refractivity contribution in [3.8, 4) is 0 Å². The molecular weight excluding hydrogens is 365 g/mol. The molecule has 1 aromatic heterocycles. The minimum atomic E-state index is -0.419. The van der Waals surface area contributed by atoms with Crippen molar-refractivity contribution in [3.63, 3.8) is 0 Å². The maximum absolute atomic E-state index is 13.3. The number of carbonyl (C=O) groups is 1. The zero-order valence-electron chi connectivity index (χ0n) is 9.32. The molecule has 0 fully saturated rings. The lowest BCUT2D eigenvalue weighted by Crippen LogP contribution is -3.00. The molecule has 5 heteroatoms. The second kappa shape index (κ2) is 6.75. The number of aromatic nitrogens is 1. The Hall–Kier alpha value is -1.07. The molecule has 2 nitrogen and oxygen atoms in total. The molecule has 0 bridgehead atoms.